The predicted octanol–water partition coefficient (Wildman–Crippen LogP) is 3.68. The zero-order chi connectivity index (χ0) is 12.8. The highest BCUT2D eigenvalue weighted by Crippen LogP contribution is 2.25. The third-order valence-electron chi connectivity index (χ3n) is 3.02. The fourth-order valence-electron chi connectivity index (χ4n) is 2.47. The van der Waals surface area contributed by atoms with Crippen LogP contribution in [0.25, 0.3) is 0 Å². The molecule has 1 rings (SSSR count). The van der Waals surface area contributed by atoms with Crippen LogP contribution in [0.15, 0.2) is 12.1 Å². The monoisotopic (exact) mass is 229 g/mol. The van der Waals surface area contributed by atoms with Gasteiger partial charge in [0, 0.05) is 12.5 Å². The molecule has 0 aromatic heterocycles. The summed E-state index contributed by atoms with van der Waals surface area (Å²) in [5, 5.41) is 3.53. The van der Waals surface area contributed by atoms with Crippen LogP contribution in [0.4, 0.5) is 0 Å². The van der Waals surface area contributed by atoms with E-state index in [-0.39, 0.29) is 0 Å². The minimum Gasteiger partial charge on any atom is -0.309 e. The maximum atomic E-state index is 3.53. The van der Waals surface area contributed by atoms with Gasteiger partial charge in [0.25, 0.3) is 0 Å². The first-order valence-corrected chi connectivity index (χ1v) is 6.30. The summed E-state index contributed by atoms with van der Waals surface area (Å²) in [6.45, 7) is 11.6. The molecule has 0 aliphatic rings. The van der Waals surface area contributed by atoms with E-state index in [0.717, 1.165) is 13.0 Å². The molecule has 92 valence electrons. The second kappa shape index (κ2) is 6.47. The standard InChI is InChI=1S/C16H23N/c1-6-8-9-15(17-7-2)16-13(4)10-12(3)11-14(16)5/h10-11,15,17H,7,9H2,1-5H3. The summed E-state index contributed by atoms with van der Waals surface area (Å²) in [7, 11) is 0. The smallest absolute Gasteiger partial charge is 0.0436 e. The van der Waals surface area contributed by atoms with Crippen molar-refractivity contribution in [1.82, 2.24) is 5.32 Å². The van der Waals surface area contributed by atoms with Gasteiger partial charge in [0.15, 0.2) is 0 Å². The Morgan fingerprint density at radius 1 is 1.18 bits per heavy atom. The first kappa shape index (κ1) is 13.8. The number of aryl methyl sites for hydroxylation is 3. The first-order chi connectivity index (χ1) is 8.10. The molecule has 0 radical (unpaired) electrons. The van der Waals surface area contributed by atoms with Crippen molar-refractivity contribution in [3.8, 4) is 11.8 Å². The van der Waals surface area contributed by atoms with Gasteiger partial charge in [0.1, 0.15) is 0 Å². The molecule has 0 aliphatic carbocycles. The minimum atomic E-state index is 0.355. The largest absolute Gasteiger partial charge is 0.309 e. The third-order valence-corrected chi connectivity index (χ3v) is 3.02. The Hall–Kier alpha value is -1.26. The van der Waals surface area contributed by atoms with E-state index in [0.29, 0.717) is 6.04 Å². The van der Waals surface area contributed by atoms with Crippen molar-refractivity contribution in [1.29, 1.82) is 0 Å². The number of hydrogen-bond donors (Lipinski definition) is 1. The normalized spacial score (nSPS) is 11.8. The maximum absolute atomic E-state index is 3.53. The summed E-state index contributed by atoms with van der Waals surface area (Å²) in [5.74, 6) is 6.17. The van der Waals surface area contributed by atoms with Crippen LogP contribution < -0.4 is 5.32 Å². The van der Waals surface area contributed by atoms with Gasteiger partial charge < -0.3 is 5.32 Å². The quantitative estimate of drug-likeness (QED) is 0.777. The molecule has 0 fully saturated rings. The van der Waals surface area contributed by atoms with Crippen molar-refractivity contribution in [3.63, 3.8) is 0 Å². The minimum absolute atomic E-state index is 0.355. The van der Waals surface area contributed by atoms with E-state index < -0.39 is 0 Å². The Morgan fingerprint density at radius 3 is 2.24 bits per heavy atom. The molecule has 1 aromatic rings. The van der Waals surface area contributed by atoms with Gasteiger partial charge in [-0.2, -0.15) is 0 Å². The summed E-state index contributed by atoms with van der Waals surface area (Å²) < 4.78 is 0. The number of rotatable bonds is 4. The van der Waals surface area contributed by atoms with Gasteiger partial charge >= 0.3 is 0 Å². The summed E-state index contributed by atoms with van der Waals surface area (Å²) in [4.78, 5) is 0. The van der Waals surface area contributed by atoms with Gasteiger partial charge in [-0.25, -0.2) is 0 Å². The zero-order valence-corrected chi connectivity index (χ0v) is 11.6. The van der Waals surface area contributed by atoms with E-state index in [1.54, 1.807) is 0 Å². The molecule has 17 heavy (non-hydrogen) atoms. The Morgan fingerprint density at radius 2 is 1.76 bits per heavy atom. The predicted molar refractivity (Wildman–Crippen MR) is 75.1 cm³/mol. The lowest BCUT2D eigenvalue weighted by Crippen LogP contribution is -2.22. The summed E-state index contributed by atoms with van der Waals surface area (Å²) in [6, 6.07) is 4.87. The van der Waals surface area contributed by atoms with Crippen LogP contribution in [0.2, 0.25) is 0 Å². The van der Waals surface area contributed by atoms with E-state index in [1.165, 1.54) is 22.3 Å². The molecule has 0 saturated carbocycles. The molecule has 1 unspecified atom stereocenters. The van der Waals surface area contributed by atoms with Gasteiger partial charge in [-0.1, -0.05) is 24.6 Å². The molecule has 0 amide bonds. The summed E-state index contributed by atoms with van der Waals surface area (Å²) >= 11 is 0. The van der Waals surface area contributed by atoms with Crippen molar-refractivity contribution in [2.45, 2.75) is 47.1 Å². The van der Waals surface area contributed by atoms with Gasteiger partial charge in [-0.05, 0) is 50.9 Å². The fourth-order valence-corrected chi connectivity index (χ4v) is 2.47. The second-order valence-electron chi connectivity index (χ2n) is 4.55. The molecule has 1 atom stereocenters. The number of hydrogen-bond acceptors (Lipinski definition) is 1. The van der Waals surface area contributed by atoms with Crippen LogP contribution in [0.5, 0.6) is 0 Å². The Labute approximate surface area is 106 Å². The van der Waals surface area contributed by atoms with Crippen LogP contribution in [0, 0.1) is 32.6 Å². The highest BCUT2D eigenvalue weighted by Gasteiger charge is 2.14. The van der Waals surface area contributed by atoms with E-state index in [2.05, 4.69) is 57.0 Å². The second-order valence-corrected chi connectivity index (χ2v) is 4.55. The molecule has 1 heteroatoms. The van der Waals surface area contributed by atoms with Crippen molar-refractivity contribution in [2.75, 3.05) is 6.54 Å². The lowest BCUT2D eigenvalue weighted by atomic mass is 9.92. The summed E-state index contributed by atoms with van der Waals surface area (Å²) in [6.07, 6.45) is 0.884. The molecule has 0 bridgehead atoms. The van der Waals surface area contributed by atoms with Gasteiger partial charge in [0.2, 0.25) is 0 Å². The van der Waals surface area contributed by atoms with Crippen LogP contribution >= 0.6 is 0 Å². The molecule has 0 spiro atoms. The fraction of sp³-hybridized carbons (Fsp3) is 0.500. The van der Waals surface area contributed by atoms with E-state index in [1.807, 2.05) is 6.92 Å². The van der Waals surface area contributed by atoms with Crippen LogP contribution in [0.1, 0.15) is 48.6 Å². The Bertz CT molecular complexity index is 412. The van der Waals surface area contributed by atoms with Crippen LogP contribution in [-0.2, 0) is 0 Å². The average Bonchev–Trinajstić information content (AvgIpc) is 2.24. The third kappa shape index (κ3) is 3.61. The maximum Gasteiger partial charge on any atom is 0.0436 e. The van der Waals surface area contributed by atoms with Crippen LogP contribution in [-0.4, -0.2) is 6.54 Å². The Balaban J connectivity index is 3.11. The van der Waals surface area contributed by atoms with E-state index >= 15 is 0 Å². The Kier molecular flexibility index (Phi) is 5.25. The van der Waals surface area contributed by atoms with Crippen molar-refractivity contribution < 1.29 is 0 Å². The molecule has 0 heterocycles. The highest BCUT2D eigenvalue weighted by atomic mass is 14.9. The zero-order valence-electron chi connectivity index (χ0n) is 11.6. The molecule has 0 aliphatic heterocycles. The lowest BCUT2D eigenvalue weighted by molar-refractivity contribution is 0.560. The SMILES string of the molecule is CC#CCC(NCC)c1c(C)cc(C)cc1C. The number of benzene rings is 1. The molecular formula is C16H23N. The highest BCUT2D eigenvalue weighted by molar-refractivity contribution is 5.40. The molecular weight excluding hydrogens is 206 g/mol. The van der Waals surface area contributed by atoms with Crippen molar-refractivity contribution in [3.05, 3.63) is 34.4 Å². The summed E-state index contributed by atoms with van der Waals surface area (Å²) in [5.41, 5.74) is 5.48. The van der Waals surface area contributed by atoms with Crippen molar-refractivity contribution >= 4 is 0 Å². The first-order valence-electron chi connectivity index (χ1n) is 6.30. The van der Waals surface area contributed by atoms with E-state index in [4.69, 9.17) is 0 Å². The lowest BCUT2D eigenvalue weighted by Gasteiger charge is -2.21. The molecule has 1 aromatic carbocycles. The number of nitrogens with one attached hydrogen (secondary N) is 1. The van der Waals surface area contributed by atoms with Gasteiger partial charge in [-0.3, -0.25) is 0 Å². The van der Waals surface area contributed by atoms with Crippen LogP contribution in [0.3, 0.4) is 0 Å². The molecule has 1 nitrogen and oxygen atoms in total. The molecule has 1 N–H and O–H groups in total. The van der Waals surface area contributed by atoms with Gasteiger partial charge in [0.05, 0.1) is 0 Å². The van der Waals surface area contributed by atoms with Gasteiger partial charge in [-0.15, -0.1) is 11.8 Å². The van der Waals surface area contributed by atoms with Crippen molar-refractivity contribution in [2.24, 2.45) is 0 Å². The molecule has 0 saturated heterocycles. The average molecular weight is 229 g/mol. The topological polar surface area (TPSA) is 12.0 Å². The van der Waals surface area contributed by atoms with E-state index in [9.17, 15) is 0 Å².